The van der Waals surface area contributed by atoms with Crippen LogP contribution >= 0.6 is 21.6 Å². The molecule has 2 amide bonds. The Kier molecular flexibility index (Phi) is 19.4. The highest BCUT2D eigenvalue weighted by molar-refractivity contribution is 8.76. The van der Waals surface area contributed by atoms with Crippen LogP contribution in [-0.4, -0.2) is 57.6 Å². The van der Waals surface area contributed by atoms with Gasteiger partial charge < -0.3 is 33.1 Å². The summed E-state index contributed by atoms with van der Waals surface area (Å²) in [6, 6.07) is -1.85. The molecule has 0 fully saturated rings. The van der Waals surface area contributed by atoms with Crippen LogP contribution in [0.5, 0.6) is 0 Å². The highest BCUT2D eigenvalue weighted by atomic mass is 33.1. The zero-order valence-corrected chi connectivity index (χ0v) is 14.4. The minimum absolute atomic E-state index is 0.229. The standard InChI is InChI=1S/C6H12N2O4S2.2C3H5NO/c7-3(5(9)10)1-13-14-2-4(8)6(11)12;2*1-2-3(4)5/h3-4H,1-2,7-8H2,(H,9,10)(H,11,12);2*2H,1H2,(H2,4,5). The number of amides is 2. The topological polar surface area (TPSA) is 213 Å². The third kappa shape index (κ3) is 25.0. The number of rotatable bonds is 9. The highest BCUT2D eigenvalue weighted by Gasteiger charge is 2.14. The number of primary amides is 2. The molecule has 0 bridgehead atoms. The quantitative estimate of drug-likeness (QED) is 0.154. The van der Waals surface area contributed by atoms with Crippen LogP contribution < -0.4 is 22.9 Å². The van der Waals surface area contributed by atoms with Gasteiger partial charge in [0.05, 0.1) is 0 Å². The lowest BCUT2D eigenvalue weighted by molar-refractivity contribution is -0.138. The van der Waals surface area contributed by atoms with Gasteiger partial charge in [-0.2, -0.15) is 0 Å². The van der Waals surface area contributed by atoms with E-state index in [0.717, 1.165) is 12.2 Å². The van der Waals surface area contributed by atoms with Gasteiger partial charge in [0.1, 0.15) is 12.1 Å². The van der Waals surface area contributed by atoms with Gasteiger partial charge in [-0.25, -0.2) is 0 Å². The number of hydrogen-bond donors (Lipinski definition) is 6. The summed E-state index contributed by atoms with van der Waals surface area (Å²) in [5.74, 6) is -2.64. The summed E-state index contributed by atoms with van der Waals surface area (Å²) in [5.41, 5.74) is 19.5. The van der Waals surface area contributed by atoms with Gasteiger partial charge in [-0.05, 0) is 12.2 Å². The maximum Gasteiger partial charge on any atom is 0.321 e. The molecule has 10 nitrogen and oxygen atoms in total. The second-order valence-corrected chi connectivity index (χ2v) is 6.22. The number of carboxylic acids is 2. The van der Waals surface area contributed by atoms with Crippen LogP contribution in [0.15, 0.2) is 25.3 Å². The van der Waals surface area contributed by atoms with Gasteiger partial charge in [-0.1, -0.05) is 34.7 Å². The zero-order valence-electron chi connectivity index (χ0n) is 12.8. The van der Waals surface area contributed by atoms with E-state index in [2.05, 4.69) is 24.6 Å². The molecular formula is C12H22N4O6S2. The summed E-state index contributed by atoms with van der Waals surface area (Å²) in [5, 5.41) is 16.8. The number of carbonyl (C=O) groups is 4. The molecule has 2 unspecified atom stereocenters. The first kappa shape index (κ1) is 26.9. The second kappa shape index (κ2) is 17.3. The number of nitrogens with two attached hydrogens (primary N) is 4. The first-order valence-electron chi connectivity index (χ1n) is 6.04. The van der Waals surface area contributed by atoms with Gasteiger partial charge in [-0.3, -0.25) is 19.2 Å². The Hall–Kier alpha value is -2.02. The lowest BCUT2D eigenvalue weighted by Crippen LogP contribution is -2.33. The Bertz CT molecular complexity index is 407. The van der Waals surface area contributed by atoms with Gasteiger partial charge in [-0.15, -0.1) is 0 Å². The van der Waals surface area contributed by atoms with Crippen molar-refractivity contribution in [2.45, 2.75) is 12.1 Å². The molecule has 0 aromatic carbocycles. The molecule has 0 aliphatic rings. The fourth-order valence-electron chi connectivity index (χ4n) is 0.385. The fraction of sp³-hybridized carbons (Fsp3) is 0.333. The lowest BCUT2D eigenvalue weighted by atomic mass is 10.4. The van der Waals surface area contributed by atoms with E-state index in [9.17, 15) is 19.2 Å². The third-order valence-electron chi connectivity index (χ3n) is 1.62. The molecule has 0 aromatic heterocycles. The molecule has 10 N–H and O–H groups in total. The normalized spacial score (nSPS) is 11.2. The Morgan fingerprint density at radius 3 is 1.17 bits per heavy atom. The fourth-order valence-corrected chi connectivity index (χ4v) is 2.61. The molecule has 0 radical (unpaired) electrons. The number of carboxylic acid groups (broad SMARTS) is 2. The Balaban J connectivity index is -0.000000361. The summed E-state index contributed by atoms with van der Waals surface area (Å²) >= 11 is 0. The van der Waals surface area contributed by atoms with Crippen LogP contribution in [0, 0.1) is 0 Å². The minimum Gasteiger partial charge on any atom is -0.480 e. The van der Waals surface area contributed by atoms with Crippen LogP contribution in [0.25, 0.3) is 0 Å². The largest absolute Gasteiger partial charge is 0.480 e. The van der Waals surface area contributed by atoms with E-state index < -0.39 is 35.8 Å². The number of hydrogen-bond acceptors (Lipinski definition) is 8. The van der Waals surface area contributed by atoms with E-state index in [1.807, 2.05) is 0 Å². The predicted octanol–water partition coefficient (Wildman–Crippen LogP) is -1.49. The summed E-state index contributed by atoms with van der Waals surface area (Å²) in [6.45, 7) is 6.17. The van der Waals surface area contributed by atoms with Gasteiger partial charge >= 0.3 is 11.9 Å². The molecule has 138 valence electrons. The molecule has 0 aliphatic carbocycles. The Morgan fingerprint density at radius 1 is 0.833 bits per heavy atom. The smallest absolute Gasteiger partial charge is 0.321 e. The maximum absolute atomic E-state index is 10.3. The minimum atomic E-state index is -1.07. The molecule has 12 heteroatoms. The Labute approximate surface area is 147 Å². The van der Waals surface area contributed by atoms with Crippen LogP contribution in [0.4, 0.5) is 0 Å². The van der Waals surface area contributed by atoms with E-state index in [1.54, 1.807) is 0 Å². The Morgan fingerprint density at radius 2 is 1.04 bits per heavy atom. The van der Waals surface area contributed by atoms with E-state index in [-0.39, 0.29) is 11.5 Å². The molecule has 0 heterocycles. The summed E-state index contributed by atoms with van der Waals surface area (Å²) < 4.78 is 0. The van der Waals surface area contributed by atoms with Gasteiger partial charge in [0.15, 0.2) is 0 Å². The summed E-state index contributed by atoms with van der Waals surface area (Å²) in [4.78, 5) is 39.5. The van der Waals surface area contributed by atoms with Gasteiger partial charge in [0.2, 0.25) is 11.8 Å². The second-order valence-electron chi connectivity index (χ2n) is 3.67. The summed E-state index contributed by atoms with van der Waals surface area (Å²) in [6.07, 6.45) is 2.11. The first-order valence-corrected chi connectivity index (χ1v) is 8.53. The zero-order chi connectivity index (χ0) is 19.7. The molecule has 0 saturated heterocycles. The third-order valence-corrected chi connectivity index (χ3v) is 4.09. The van der Waals surface area contributed by atoms with Crippen LogP contribution in [0.3, 0.4) is 0 Å². The SMILES string of the molecule is C=CC(N)=O.C=CC(N)=O.NC(CSSCC(N)C(=O)O)C(=O)O. The van der Waals surface area contributed by atoms with Crippen molar-refractivity contribution in [1.29, 1.82) is 0 Å². The molecule has 24 heavy (non-hydrogen) atoms. The van der Waals surface area contributed by atoms with Crippen LogP contribution in [0.1, 0.15) is 0 Å². The van der Waals surface area contributed by atoms with Gasteiger partial charge in [0.25, 0.3) is 0 Å². The van der Waals surface area contributed by atoms with Crippen LogP contribution in [0.2, 0.25) is 0 Å². The molecule has 0 saturated carbocycles. The molecule has 0 aromatic rings. The van der Waals surface area contributed by atoms with Crippen molar-refractivity contribution in [1.82, 2.24) is 0 Å². The monoisotopic (exact) mass is 382 g/mol. The van der Waals surface area contributed by atoms with E-state index in [0.29, 0.717) is 0 Å². The van der Waals surface area contributed by atoms with Gasteiger partial charge in [0, 0.05) is 11.5 Å². The van der Waals surface area contributed by atoms with Crippen molar-refractivity contribution in [2.24, 2.45) is 22.9 Å². The first-order chi connectivity index (χ1) is 11.0. The highest BCUT2D eigenvalue weighted by Crippen LogP contribution is 2.22. The average Bonchev–Trinajstić information content (AvgIpc) is 2.51. The predicted molar refractivity (Wildman–Crippen MR) is 94.9 cm³/mol. The van der Waals surface area contributed by atoms with Crippen molar-refractivity contribution in [3.63, 3.8) is 0 Å². The van der Waals surface area contributed by atoms with Crippen molar-refractivity contribution >= 4 is 45.3 Å². The average molecular weight is 382 g/mol. The van der Waals surface area contributed by atoms with E-state index >= 15 is 0 Å². The molecule has 0 aliphatic heterocycles. The van der Waals surface area contributed by atoms with E-state index in [4.69, 9.17) is 21.7 Å². The van der Waals surface area contributed by atoms with Crippen molar-refractivity contribution in [3.05, 3.63) is 25.3 Å². The molecule has 2 atom stereocenters. The molecule has 0 spiro atoms. The number of carbonyl (C=O) groups excluding carboxylic acids is 2. The lowest BCUT2D eigenvalue weighted by Gasteiger charge is -2.07. The van der Waals surface area contributed by atoms with Crippen LogP contribution in [-0.2, 0) is 19.2 Å². The molecular weight excluding hydrogens is 360 g/mol. The number of aliphatic carboxylic acids is 2. The van der Waals surface area contributed by atoms with Crippen molar-refractivity contribution in [3.8, 4) is 0 Å². The van der Waals surface area contributed by atoms with Crippen molar-refractivity contribution < 1.29 is 29.4 Å². The maximum atomic E-state index is 10.3. The van der Waals surface area contributed by atoms with Crippen molar-refractivity contribution in [2.75, 3.05) is 11.5 Å². The van der Waals surface area contributed by atoms with E-state index in [1.165, 1.54) is 21.6 Å². The summed E-state index contributed by atoms with van der Waals surface area (Å²) in [7, 11) is 2.41. The molecule has 0 rings (SSSR count).